The van der Waals surface area contributed by atoms with Crippen LogP contribution in [-0.2, 0) is 6.42 Å². The van der Waals surface area contributed by atoms with Gasteiger partial charge in [-0.25, -0.2) is 4.39 Å². The van der Waals surface area contributed by atoms with Gasteiger partial charge >= 0.3 is 0 Å². The number of benzene rings is 1. The molecule has 0 amide bonds. The number of hydrogen-bond acceptors (Lipinski definition) is 1. The van der Waals surface area contributed by atoms with E-state index in [1.807, 2.05) is 13.0 Å². The zero-order valence-corrected chi connectivity index (χ0v) is 10.5. The van der Waals surface area contributed by atoms with E-state index in [4.69, 9.17) is 0 Å². The molecule has 0 aliphatic heterocycles. The van der Waals surface area contributed by atoms with Gasteiger partial charge in [0.05, 0.1) is 0 Å². The Morgan fingerprint density at radius 1 is 1.31 bits per heavy atom. The molecule has 0 aliphatic carbocycles. The van der Waals surface area contributed by atoms with Crippen molar-refractivity contribution in [2.24, 2.45) is 0 Å². The van der Waals surface area contributed by atoms with Crippen LogP contribution in [0.1, 0.15) is 37.8 Å². The van der Waals surface area contributed by atoms with Crippen molar-refractivity contribution in [1.82, 2.24) is 5.32 Å². The number of nitrogens with one attached hydrogen (secondary N) is 1. The molecular formula is C14H22FN. The fourth-order valence-electron chi connectivity index (χ4n) is 1.98. The first-order chi connectivity index (χ1) is 7.67. The molecule has 1 rings (SSSR count). The molecule has 1 aromatic rings. The fourth-order valence-corrected chi connectivity index (χ4v) is 1.98. The van der Waals surface area contributed by atoms with Crippen molar-refractivity contribution in [1.29, 1.82) is 0 Å². The molecule has 1 nitrogen and oxygen atoms in total. The molecule has 1 N–H and O–H groups in total. The van der Waals surface area contributed by atoms with Gasteiger partial charge in [0.1, 0.15) is 5.82 Å². The van der Waals surface area contributed by atoms with E-state index in [1.165, 1.54) is 11.6 Å². The fraction of sp³-hybridized carbons (Fsp3) is 0.571. The molecule has 2 heteroatoms. The summed E-state index contributed by atoms with van der Waals surface area (Å²) in [5.41, 5.74) is 2.32. The molecule has 0 radical (unpaired) electrons. The first-order valence-corrected chi connectivity index (χ1v) is 6.15. The van der Waals surface area contributed by atoms with E-state index in [0.29, 0.717) is 6.04 Å². The van der Waals surface area contributed by atoms with Crippen LogP contribution in [0.2, 0.25) is 0 Å². The highest BCUT2D eigenvalue weighted by Gasteiger charge is 2.06. The molecule has 0 saturated heterocycles. The molecule has 0 spiro atoms. The summed E-state index contributed by atoms with van der Waals surface area (Å²) in [6.45, 7) is 7.35. The maximum atomic E-state index is 13.1. The minimum absolute atomic E-state index is 0.128. The second-order valence-corrected chi connectivity index (χ2v) is 4.27. The third kappa shape index (κ3) is 3.93. The van der Waals surface area contributed by atoms with Gasteiger partial charge < -0.3 is 5.32 Å². The Morgan fingerprint density at radius 2 is 2.06 bits per heavy atom. The third-order valence-electron chi connectivity index (χ3n) is 3.06. The van der Waals surface area contributed by atoms with Crippen molar-refractivity contribution in [2.75, 3.05) is 6.54 Å². The van der Waals surface area contributed by atoms with Crippen LogP contribution in [0.4, 0.5) is 4.39 Å². The molecule has 0 fully saturated rings. The van der Waals surface area contributed by atoms with Crippen molar-refractivity contribution >= 4 is 0 Å². The SMILES string of the molecule is CCNC(CC)CCc1cc(F)ccc1C. The van der Waals surface area contributed by atoms with Crippen LogP contribution in [-0.4, -0.2) is 12.6 Å². The van der Waals surface area contributed by atoms with E-state index >= 15 is 0 Å². The van der Waals surface area contributed by atoms with Gasteiger partial charge in [-0.3, -0.25) is 0 Å². The quantitative estimate of drug-likeness (QED) is 0.779. The summed E-state index contributed by atoms with van der Waals surface area (Å²) < 4.78 is 13.1. The number of halogens is 1. The van der Waals surface area contributed by atoms with Crippen molar-refractivity contribution in [2.45, 2.75) is 46.1 Å². The number of hydrogen-bond donors (Lipinski definition) is 1. The topological polar surface area (TPSA) is 12.0 Å². The lowest BCUT2D eigenvalue weighted by Crippen LogP contribution is -2.28. The lowest BCUT2D eigenvalue weighted by Gasteiger charge is -2.16. The van der Waals surface area contributed by atoms with Crippen LogP contribution < -0.4 is 5.32 Å². The van der Waals surface area contributed by atoms with Crippen molar-refractivity contribution in [3.63, 3.8) is 0 Å². The van der Waals surface area contributed by atoms with Crippen LogP contribution in [0.25, 0.3) is 0 Å². The molecule has 1 aromatic carbocycles. The van der Waals surface area contributed by atoms with E-state index in [-0.39, 0.29) is 5.82 Å². The predicted octanol–water partition coefficient (Wildman–Crippen LogP) is 3.45. The van der Waals surface area contributed by atoms with E-state index in [0.717, 1.165) is 31.4 Å². The smallest absolute Gasteiger partial charge is 0.123 e. The van der Waals surface area contributed by atoms with Crippen LogP contribution in [0.15, 0.2) is 18.2 Å². The van der Waals surface area contributed by atoms with Crippen molar-refractivity contribution in [3.8, 4) is 0 Å². The summed E-state index contributed by atoms with van der Waals surface area (Å²) in [5, 5.41) is 3.44. The molecule has 1 atom stereocenters. The molecule has 0 heterocycles. The summed E-state index contributed by atoms with van der Waals surface area (Å²) >= 11 is 0. The maximum absolute atomic E-state index is 13.1. The average molecular weight is 223 g/mol. The zero-order valence-electron chi connectivity index (χ0n) is 10.5. The highest BCUT2D eigenvalue weighted by Crippen LogP contribution is 2.14. The Kier molecular flexibility index (Phi) is 5.47. The van der Waals surface area contributed by atoms with Gasteiger partial charge in [-0.05, 0) is 56.0 Å². The molecule has 0 saturated carbocycles. The largest absolute Gasteiger partial charge is 0.314 e. The standard InChI is InChI=1S/C14H22FN/c1-4-14(16-5-2)9-7-12-10-13(15)8-6-11(12)3/h6,8,10,14,16H,4-5,7,9H2,1-3H3. The van der Waals surface area contributed by atoms with Gasteiger partial charge in [-0.15, -0.1) is 0 Å². The monoisotopic (exact) mass is 223 g/mol. The number of aryl methyl sites for hydroxylation is 2. The predicted molar refractivity (Wildman–Crippen MR) is 67.2 cm³/mol. The van der Waals surface area contributed by atoms with Gasteiger partial charge in [0.15, 0.2) is 0 Å². The first-order valence-electron chi connectivity index (χ1n) is 6.15. The van der Waals surface area contributed by atoms with Gasteiger partial charge in [0.25, 0.3) is 0 Å². The molecular weight excluding hydrogens is 201 g/mol. The Balaban J connectivity index is 2.55. The first kappa shape index (κ1) is 13.2. The summed E-state index contributed by atoms with van der Waals surface area (Å²) in [7, 11) is 0. The summed E-state index contributed by atoms with van der Waals surface area (Å²) in [4.78, 5) is 0. The second-order valence-electron chi connectivity index (χ2n) is 4.27. The van der Waals surface area contributed by atoms with Gasteiger partial charge in [-0.1, -0.05) is 19.9 Å². The van der Waals surface area contributed by atoms with E-state index in [2.05, 4.69) is 19.2 Å². The molecule has 1 unspecified atom stereocenters. The van der Waals surface area contributed by atoms with E-state index < -0.39 is 0 Å². The van der Waals surface area contributed by atoms with E-state index in [9.17, 15) is 4.39 Å². The third-order valence-corrected chi connectivity index (χ3v) is 3.06. The lowest BCUT2D eigenvalue weighted by atomic mass is 10.00. The van der Waals surface area contributed by atoms with Crippen molar-refractivity contribution in [3.05, 3.63) is 35.1 Å². The minimum atomic E-state index is -0.128. The average Bonchev–Trinajstić information content (AvgIpc) is 2.28. The summed E-state index contributed by atoms with van der Waals surface area (Å²) in [6.07, 6.45) is 3.16. The van der Waals surface area contributed by atoms with Gasteiger partial charge in [0.2, 0.25) is 0 Å². The molecule has 0 aromatic heterocycles. The second kappa shape index (κ2) is 6.64. The van der Waals surface area contributed by atoms with Crippen molar-refractivity contribution < 1.29 is 4.39 Å². The Bertz CT molecular complexity index is 323. The van der Waals surface area contributed by atoms with Crippen LogP contribution in [0, 0.1) is 12.7 Å². The van der Waals surface area contributed by atoms with Gasteiger partial charge in [-0.2, -0.15) is 0 Å². The van der Waals surface area contributed by atoms with Crippen LogP contribution in [0.5, 0.6) is 0 Å². The summed E-state index contributed by atoms with van der Waals surface area (Å²) in [5.74, 6) is -0.128. The Hall–Kier alpha value is -0.890. The summed E-state index contributed by atoms with van der Waals surface area (Å²) in [6, 6.07) is 5.60. The zero-order chi connectivity index (χ0) is 12.0. The minimum Gasteiger partial charge on any atom is -0.314 e. The lowest BCUT2D eigenvalue weighted by molar-refractivity contribution is 0.480. The molecule has 90 valence electrons. The molecule has 16 heavy (non-hydrogen) atoms. The Morgan fingerprint density at radius 3 is 2.69 bits per heavy atom. The molecule has 0 bridgehead atoms. The van der Waals surface area contributed by atoms with Gasteiger partial charge in [0, 0.05) is 6.04 Å². The van der Waals surface area contributed by atoms with Crippen LogP contribution >= 0.6 is 0 Å². The number of rotatable bonds is 6. The van der Waals surface area contributed by atoms with E-state index in [1.54, 1.807) is 6.07 Å². The normalized spacial score (nSPS) is 12.8. The Labute approximate surface area is 98.1 Å². The highest BCUT2D eigenvalue weighted by atomic mass is 19.1. The highest BCUT2D eigenvalue weighted by molar-refractivity contribution is 5.26. The maximum Gasteiger partial charge on any atom is 0.123 e. The molecule has 0 aliphatic rings. The van der Waals surface area contributed by atoms with Crippen LogP contribution in [0.3, 0.4) is 0 Å².